The summed E-state index contributed by atoms with van der Waals surface area (Å²) in [6.07, 6.45) is 5.94. The molecule has 0 aliphatic carbocycles. The van der Waals surface area contributed by atoms with Gasteiger partial charge in [0.15, 0.2) is 0 Å². The van der Waals surface area contributed by atoms with Crippen LogP contribution in [0.3, 0.4) is 0 Å². The summed E-state index contributed by atoms with van der Waals surface area (Å²) < 4.78 is 7.14. The molecule has 0 atom stereocenters. The van der Waals surface area contributed by atoms with Crippen LogP contribution in [0.2, 0.25) is 0 Å². The van der Waals surface area contributed by atoms with Crippen molar-refractivity contribution >= 4 is 6.08 Å². The summed E-state index contributed by atoms with van der Waals surface area (Å²) in [5.41, 5.74) is 1.21. The van der Waals surface area contributed by atoms with Gasteiger partial charge in [-0.3, -0.25) is 4.90 Å². The summed E-state index contributed by atoms with van der Waals surface area (Å²) in [6, 6.07) is 10.3. The van der Waals surface area contributed by atoms with Crippen LogP contribution in [0.5, 0.6) is 0 Å². The average molecular weight is 300 g/mol. The van der Waals surface area contributed by atoms with Gasteiger partial charge in [0.1, 0.15) is 12.2 Å². The van der Waals surface area contributed by atoms with Crippen LogP contribution < -0.4 is 0 Å². The first-order chi connectivity index (χ1) is 10.8. The van der Waals surface area contributed by atoms with Crippen LogP contribution in [0.4, 0.5) is 0 Å². The Morgan fingerprint density at radius 2 is 2.09 bits per heavy atom. The minimum Gasteiger partial charge on any atom is -0.383 e. The molecular formula is C17H24N4O. The molecule has 0 radical (unpaired) electrons. The lowest BCUT2D eigenvalue weighted by atomic mass is 10.2. The number of rotatable bonds is 9. The number of aryl methyl sites for hydroxylation is 1. The lowest BCUT2D eigenvalue weighted by Gasteiger charge is -2.19. The molecule has 5 heteroatoms. The molecule has 5 nitrogen and oxygen atoms in total. The van der Waals surface area contributed by atoms with Crippen molar-refractivity contribution in [3.63, 3.8) is 0 Å². The molecule has 0 unspecified atom stereocenters. The fourth-order valence-electron chi connectivity index (χ4n) is 2.23. The topological polar surface area (TPSA) is 43.2 Å². The fraction of sp³-hybridized carbons (Fsp3) is 0.412. The second-order valence-corrected chi connectivity index (χ2v) is 5.03. The number of hydrogen-bond donors (Lipinski definition) is 0. The quantitative estimate of drug-likeness (QED) is 0.713. The predicted molar refractivity (Wildman–Crippen MR) is 88.3 cm³/mol. The first kappa shape index (κ1) is 16.4. The van der Waals surface area contributed by atoms with E-state index in [1.165, 1.54) is 5.56 Å². The second-order valence-electron chi connectivity index (χ2n) is 5.03. The van der Waals surface area contributed by atoms with Crippen LogP contribution in [0.25, 0.3) is 6.08 Å². The molecule has 22 heavy (non-hydrogen) atoms. The smallest absolute Gasteiger partial charge is 0.141 e. The normalized spacial score (nSPS) is 11.6. The Morgan fingerprint density at radius 1 is 1.27 bits per heavy atom. The van der Waals surface area contributed by atoms with Crippen molar-refractivity contribution in [1.82, 2.24) is 19.7 Å². The molecule has 0 saturated carbocycles. The van der Waals surface area contributed by atoms with Gasteiger partial charge in [-0.05, 0) is 12.5 Å². The second kappa shape index (κ2) is 9.12. The number of nitrogens with zero attached hydrogens (tertiary/aromatic N) is 4. The average Bonchev–Trinajstić information content (AvgIpc) is 3.00. The van der Waals surface area contributed by atoms with E-state index in [0.717, 1.165) is 32.0 Å². The molecule has 2 rings (SSSR count). The van der Waals surface area contributed by atoms with Crippen molar-refractivity contribution in [2.75, 3.05) is 26.8 Å². The van der Waals surface area contributed by atoms with Crippen molar-refractivity contribution in [3.05, 3.63) is 54.1 Å². The van der Waals surface area contributed by atoms with Crippen LogP contribution >= 0.6 is 0 Å². The van der Waals surface area contributed by atoms with E-state index in [1.54, 1.807) is 13.4 Å². The van der Waals surface area contributed by atoms with Crippen LogP contribution in [-0.4, -0.2) is 46.5 Å². The largest absolute Gasteiger partial charge is 0.383 e. The highest BCUT2D eigenvalue weighted by molar-refractivity contribution is 5.48. The van der Waals surface area contributed by atoms with Gasteiger partial charge in [-0.15, -0.1) is 0 Å². The van der Waals surface area contributed by atoms with E-state index in [-0.39, 0.29) is 0 Å². The fourth-order valence-corrected chi connectivity index (χ4v) is 2.23. The lowest BCUT2D eigenvalue weighted by Crippen LogP contribution is -2.28. The van der Waals surface area contributed by atoms with E-state index < -0.39 is 0 Å². The maximum atomic E-state index is 5.20. The van der Waals surface area contributed by atoms with Gasteiger partial charge >= 0.3 is 0 Å². The molecule has 0 saturated heterocycles. The Morgan fingerprint density at radius 3 is 2.82 bits per heavy atom. The molecule has 0 fully saturated rings. The Bertz CT molecular complexity index is 565. The summed E-state index contributed by atoms with van der Waals surface area (Å²) >= 11 is 0. The Kier molecular flexibility index (Phi) is 6.80. The highest BCUT2D eigenvalue weighted by Crippen LogP contribution is 2.04. The van der Waals surface area contributed by atoms with Crippen LogP contribution in [0.1, 0.15) is 18.3 Å². The van der Waals surface area contributed by atoms with Crippen molar-refractivity contribution in [2.45, 2.75) is 20.0 Å². The van der Waals surface area contributed by atoms with Gasteiger partial charge in [0.25, 0.3) is 0 Å². The van der Waals surface area contributed by atoms with Crippen molar-refractivity contribution in [3.8, 4) is 0 Å². The summed E-state index contributed by atoms with van der Waals surface area (Å²) in [6.45, 7) is 6.12. The minimum atomic E-state index is 0.708. The van der Waals surface area contributed by atoms with Crippen molar-refractivity contribution in [2.24, 2.45) is 0 Å². The first-order valence-electron chi connectivity index (χ1n) is 7.63. The standard InChI is InChI=1S/C17H24N4O/c1-3-21-17(18-15-19-21)14-20(12-13-22-2)11-7-10-16-8-5-4-6-9-16/h4-10,15H,3,11-14H2,1-2H3/b10-7+. The lowest BCUT2D eigenvalue weighted by molar-refractivity contribution is 0.149. The summed E-state index contributed by atoms with van der Waals surface area (Å²) in [7, 11) is 1.73. The molecule has 2 aromatic rings. The van der Waals surface area contributed by atoms with Crippen LogP contribution in [-0.2, 0) is 17.8 Å². The molecule has 0 spiro atoms. The Labute approximate surface area is 132 Å². The third-order valence-electron chi connectivity index (χ3n) is 3.45. The number of aromatic nitrogens is 3. The van der Waals surface area contributed by atoms with Gasteiger partial charge in [0.05, 0.1) is 13.2 Å². The molecule has 0 bridgehead atoms. The maximum absolute atomic E-state index is 5.20. The van der Waals surface area contributed by atoms with E-state index >= 15 is 0 Å². The number of benzene rings is 1. The molecule has 0 aliphatic heterocycles. The van der Waals surface area contributed by atoms with Crippen molar-refractivity contribution in [1.29, 1.82) is 0 Å². The molecule has 1 aromatic heterocycles. The summed E-state index contributed by atoms with van der Waals surface area (Å²) in [5.74, 6) is 0.992. The third-order valence-corrected chi connectivity index (χ3v) is 3.45. The SMILES string of the molecule is CCn1ncnc1CN(C/C=C/c1ccccc1)CCOC. The van der Waals surface area contributed by atoms with E-state index in [0.29, 0.717) is 6.61 Å². The van der Waals surface area contributed by atoms with Gasteiger partial charge in [0.2, 0.25) is 0 Å². The van der Waals surface area contributed by atoms with Crippen LogP contribution in [0.15, 0.2) is 42.7 Å². The zero-order valence-electron chi connectivity index (χ0n) is 13.4. The monoisotopic (exact) mass is 300 g/mol. The summed E-state index contributed by atoms with van der Waals surface area (Å²) in [5, 5.41) is 4.23. The van der Waals surface area contributed by atoms with Gasteiger partial charge in [-0.25, -0.2) is 9.67 Å². The Hall–Kier alpha value is -1.98. The van der Waals surface area contributed by atoms with Gasteiger partial charge in [-0.1, -0.05) is 42.5 Å². The van der Waals surface area contributed by atoms with Gasteiger partial charge < -0.3 is 4.74 Å². The van der Waals surface area contributed by atoms with Gasteiger partial charge in [0, 0.05) is 26.7 Å². The predicted octanol–water partition coefficient (Wildman–Crippen LogP) is 2.46. The maximum Gasteiger partial charge on any atom is 0.141 e. The zero-order chi connectivity index (χ0) is 15.6. The minimum absolute atomic E-state index is 0.708. The molecule has 1 aromatic carbocycles. The number of methoxy groups -OCH3 is 1. The molecule has 0 amide bonds. The third kappa shape index (κ3) is 5.09. The van der Waals surface area contributed by atoms with E-state index in [2.05, 4.69) is 46.2 Å². The number of ether oxygens (including phenoxy) is 1. The highest BCUT2D eigenvalue weighted by atomic mass is 16.5. The molecule has 1 heterocycles. The first-order valence-corrected chi connectivity index (χ1v) is 7.63. The van der Waals surface area contributed by atoms with Gasteiger partial charge in [-0.2, -0.15) is 5.10 Å². The van der Waals surface area contributed by atoms with E-state index in [1.807, 2.05) is 22.9 Å². The highest BCUT2D eigenvalue weighted by Gasteiger charge is 2.09. The van der Waals surface area contributed by atoms with Crippen molar-refractivity contribution < 1.29 is 4.74 Å². The van der Waals surface area contributed by atoms with Crippen LogP contribution in [0, 0.1) is 0 Å². The molecule has 0 aliphatic rings. The summed E-state index contributed by atoms with van der Waals surface area (Å²) in [4.78, 5) is 6.65. The molecule has 118 valence electrons. The van der Waals surface area contributed by atoms with E-state index in [9.17, 15) is 0 Å². The zero-order valence-corrected chi connectivity index (χ0v) is 13.4. The number of hydrogen-bond acceptors (Lipinski definition) is 4. The van der Waals surface area contributed by atoms with E-state index in [4.69, 9.17) is 4.74 Å². The molecular weight excluding hydrogens is 276 g/mol. The molecule has 0 N–H and O–H groups in total. The Balaban J connectivity index is 1.95.